The van der Waals surface area contributed by atoms with Gasteiger partial charge in [-0.25, -0.2) is 8.42 Å². The third-order valence-corrected chi connectivity index (χ3v) is 4.45. The van der Waals surface area contributed by atoms with Crippen molar-refractivity contribution in [1.82, 2.24) is 15.6 Å². The Balaban J connectivity index is 1.75. The van der Waals surface area contributed by atoms with Gasteiger partial charge in [-0.3, -0.25) is 15.1 Å². The van der Waals surface area contributed by atoms with Crippen LogP contribution >= 0.6 is 0 Å². The molecule has 2 N–H and O–H groups in total. The summed E-state index contributed by atoms with van der Waals surface area (Å²) >= 11 is 0. The van der Waals surface area contributed by atoms with E-state index in [0.717, 1.165) is 5.69 Å². The molecule has 1 aromatic heterocycles. The van der Waals surface area contributed by atoms with Crippen LogP contribution < -0.4 is 10.6 Å². The summed E-state index contributed by atoms with van der Waals surface area (Å²) in [6.45, 7) is 0.242. The van der Waals surface area contributed by atoms with Crippen molar-refractivity contribution >= 4 is 15.7 Å². The summed E-state index contributed by atoms with van der Waals surface area (Å²) in [4.78, 5) is 16.0. The summed E-state index contributed by atoms with van der Waals surface area (Å²) in [5, 5.41) is 5.31. The number of rotatable bonds is 7. The lowest BCUT2D eigenvalue weighted by molar-refractivity contribution is -0.120. The number of pyridine rings is 1. The van der Waals surface area contributed by atoms with E-state index in [1.165, 1.54) is 12.1 Å². The minimum atomic E-state index is -3.43. The Morgan fingerprint density at radius 3 is 2.45 bits per heavy atom. The van der Waals surface area contributed by atoms with Crippen molar-refractivity contribution in [2.45, 2.75) is 11.4 Å². The molecule has 0 atom stereocenters. The van der Waals surface area contributed by atoms with E-state index in [-0.39, 0.29) is 23.2 Å². The molecule has 22 heavy (non-hydrogen) atoms. The van der Waals surface area contributed by atoms with Crippen LogP contribution in [0, 0.1) is 0 Å². The summed E-state index contributed by atoms with van der Waals surface area (Å²) in [6.07, 6.45) is 1.65. The highest BCUT2D eigenvalue weighted by molar-refractivity contribution is 7.91. The third-order valence-electron chi connectivity index (χ3n) is 2.87. The topological polar surface area (TPSA) is 88.2 Å². The largest absolute Gasteiger partial charge is 0.349 e. The molecule has 7 heteroatoms. The molecule has 1 aromatic carbocycles. The minimum absolute atomic E-state index is 0.0705. The molecule has 116 valence electrons. The van der Waals surface area contributed by atoms with E-state index in [1.807, 2.05) is 6.07 Å². The predicted molar refractivity (Wildman–Crippen MR) is 82.6 cm³/mol. The number of hydrogen-bond acceptors (Lipinski definition) is 5. The maximum atomic E-state index is 12.0. The summed E-state index contributed by atoms with van der Waals surface area (Å²) in [6, 6.07) is 13.5. The Hall–Kier alpha value is -2.25. The van der Waals surface area contributed by atoms with Gasteiger partial charge in [-0.05, 0) is 24.3 Å². The lowest BCUT2D eigenvalue weighted by Gasteiger charge is -2.07. The van der Waals surface area contributed by atoms with Gasteiger partial charge in [-0.15, -0.1) is 0 Å². The molecule has 0 aliphatic heterocycles. The van der Waals surface area contributed by atoms with Gasteiger partial charge in [0.15, 0.2) is 9.84 Å². The van der Waals surface area contributed by atoms with Gasteiger partial charge in [0, 0.05) is 6.20 Å². The van der Waals surface area contributed by atoms with Crippen molar-refractivity contribution in [2.24, 2.45) is 0 Å². The number of aromatic nitrogens is 1. The summed E-state index contributed by atoms with van der Waals surface area (Å²) in [5.41, 5.74) is 0.743. The first-order chi connectivity index (χ1) is 10.6. The number of carbonyl (C=O) groups is 1. The molecule has 1 amide bonds. The van der Waals surface area contributed by atoms with Gasteiger partial charge in [0.25, 0.3) is 0 Å². The zero-order chi connectivity index (χ0) is 15.8. The highest BCUT2D eigenvalue weighted by Crippen LogP contribution is 2.08. The molecule has 2 aromatic rings. The fraction of sp³-hybridized carbons (Fsp3) is 0.200. The lowest BCUT2D eigenvalue weighted by Crippen LogP contribution is -2.36. The molecule has 2 rings (SSSR count). The molecule has 6 nitrogen and oxygen atoms in total. The van der Waals surface area contributed by atoms with E-state index in [2.05, 4.69) is 15.6 Å². The van der Waals surface area contributed by atoms with Crippen molar-refractivity contribution in [1.29, 1.82) is 0 Å². The fourth-order valence-corrected chi connectivity index (χ4v) is 2.87. The average molecular weight is 319 g/mol. The molecule has 0 spiro atoms. The lowest BCUT2D eigenvalue weighted by atomic mass is 10.3. The van der Waals surface area contributed by atoms with Crippen LogP contribution in [-0.2, 0) is 21.2 Å². The first kappa shape index (κ1) is 16.1. The van der Waals surface area contributed by atoms with Crippen molar-refractivity contribution in [3.63, 3.8) is 0 Å². The first-order valence-corrected chi connectivity index (χ1v) is 8.38. The van der Waals surface area contributed by atoms with Gasteiger partial charge in [0.05, 0.1) is 23.7 Å². The van der Waals surface area contributed by atoms with Crippen LogP contribution in [0.2, 0.25) is 0 Å². The Morgan fingerprint density at radius 1 is 1.05 bits per heavy atom. The minimum Gasteiger partial charge on any atom is -0.349 e. The van der Waals surface area contributed by atoms with E-state index >= 15 is 0 Å². The van der Waals surface area contributed by atoms with Crippen LogP contribution in [0.3, 0.4) is 0 Å². The van der Waals surface area contributed by atoms with Gasteiger partial charge in [0.2, 0.25) is 5.91 Å². The molecule has 0 unspecified atom stereocenters. The van der Waals surface area contributed by atoms with Crippen LogP contribution in [0.5, 0.6) is 0 Å². The van der Waals surface area contributed by atoms with E-state index in [1.54, 1.807) is 36.5 Å². The van der Waals surface area contributed by atoms with Crippen LogP contribution in [0.4, 0.5) is 0 Å². The van der Waals surface area contributed by atoms with Gasteiger partial charge >= 0.3 is 0 Å². The maximum Gasteiger partial charge on any atom is 0.234 e. The van der Waals surface area contributed by atoms with Crippen molar-refractivity contribution < 1.29 is 13.2 Å². The average Bonchev–Trinajstić information content (AvgIpc) is 2.54. The molecule has 0 saturated heterocycles. The van der Waals surface area contributed by atoms with Crippen LogP contribution in [0.1, 0.15) is 5.69 Å². The highest BCUT2D eigenvalue weighted by Gasteiger charge is 2.13. The quantitative estimate of drug-likeness (QED) is 0.785. The number of sulfone groups is 1. The van der Waals surface area contributed by atoms with E-state index < -0.39 is 9.84 Å². The summed E-state index contributed by atoms with van der Waals surface area (Å²) in [5.74, 6) is -0.567. The molecule has 0 saturated carbocycles. The zero-order valence-corrected chi connectivity index (χ0v) is 12.7. The standard InChI is InChI=1S/C15H17N3O3S/c19-15(18-10-13-6-4-5-9-17-13)11-16-12-22(20,21)14-7-2-1-3-8-14/h1-9,16H,10-12H2,(H,18,19). The zero-order valence-electron chi connectivity index (χ0n) is 11.9. The number of amides is 1. The Morgan fingerprint density at radius 2 is 1.77 bits per heavy atom. The third kappa shape index (κ3) is 4.94. The maximum absolute atomic E-state index is 12.0. The number of hydrogen-bond donors (Lipinski definition) is 2. The summed E-state index contributed by atoms with van der Waals surface area (Å²) < 4.78 is 24.0. The second kappa shape index (κ2) is 7.67. The number of carbonyl (C=O) groups excluding carboxylic acids is 1. The molecule has 0 aliphatic carbocycles. The van der Waals surface area contributed by atoms with Crippen LogP contribution in [-0.4, -0.2) is 31.7 Å². The predicted octanol–water partition coefficient (Wildman–Crippen LogP) is 0.719. The molecule has 0 radical (unpaired) electrons. The smallest absolute Gasteiger partial charge is 0.234 e. The molecule has 0 fully saturated rings. The normalized spacial score (nSPS) is 11.1. The first-order valence-electron chi connectivity index (χ1n) is 6.73. The Bertz CT molecular complexity index is 703. The second-order valence-electron chi connectivity index (χ2n) is 4.60. The van der Waals surface area contributed by atoms with Crippen LogP contribution in [0.15, 0.2) is 59.6 Å². The molecule has 0 aliphatic rings. The SMILES string of the molecule is O=C(CNCS(=O)(=O)c1ccccc1)NCc1ccccn1. The van der Waals surface area contributed by atoms with Crippen molar-refractivity contribution in [3.8, 4) is 0 Å². The highest BCUT2D eigenvalue weighted by atomic mass is 32.2. The van der Waals surface area contributed by atoms with Crippen molar-refractivity contribution in [2.75, 3.05) is 12.4 Å². The Kier molecular flexibility index (Phi) is 5.62. The van der Waals surface area contributed by atoms with Crippen molar-refractivity contribution in [3.05, 3.63) is 60.4 Å². The second-order valence-corrected chi connectivity index (χ2v) is 6.59. The van der Waals surface area contributed by atoms with E-state index in [4.69, 9.17) is 0 Å². The van der Waals surface area contributed by atoms with Gasteiger partial charge in [0.1, 0.15) is 5.88 Å². The number of nitrogens with zero attached hydrogens (tertiary/aromatic N) is 1. The van der Waals surface area contributed by atoms with E-state index in [9.17, 15) is 13.2 Å². The van der Waals surface area contributed by atoms with Gasteiger partial charge < -0.3 is 5.32 Å². The van der Waals surface area contributed by atoms with Gasteiger partial charge in [-0.2, -0.15) is 0 Å². The number of benzene rings is 1. The monoisotopic (exact) mass is 319 g/mol. The van der Waals surface area contributed by atoms with Gasteiger partial charge in [-0.1, -0.05) is 24.3 Å². The fourth-order valence-electron chi connectivity index (χ4n) is 1.76. The molecule has 0 bridgehead atoms. The molecule has 1 heterocycles. The summed E-state index contributed by atoms with van der Waals surface area (Å²) in [7, 11) is -3.43. The Labute approximate surface area is 129 Å². The van der Waals surface area contributed by atoms with E-state index in [0.29, 0.717) is 6.54 Å². The number of nitrogens with one attached hydrogen (secondary N) is 2. The molecular formula is C15H17N3O3S. The molecular weight excluding hydrogens is 302 g/mol. The van der Waals surface area contributed by atoms with Crippen LogP contribution in [0.25, 0.3) is 0 Å².